The normalized spacial score (nSPS) is 14.5. The van der Waals surface area contributed by atoms with Gasteiger partial charge in [-0.2, -0.15) is 4.98 Å². The lowest BCUT2D eigenvalue weighted by atomic mass is 10.2. The highest BCUT2D eigenvalue weighted by Crippen LogP contribution is 2.28. The number of nitrogens with zero attached hydrogens (tertiary/aromatic N) is 3. The Kier molecular flexibility index (Phi) is 3.96. The van der Waals surface area contributed by atoms with E-state index in [-0.39, 0.29) is 6.42 Å². The van der Waals surface area contributed by atoms with E-state index in [0.717, 1.165) is 18.4 Å². The Balaban J connectivity index is 1.66. The van der Waals surface area contributed by atoms with Gasteiger partial charge in [0.05, 0.1) is 13.0 Å². The smallest absolute Gasteiger partial charge is 0.304 e. The molecule has 1 aliphatic rings. The minimum Gasteiger partial charge on any atom is -0.481 e. The fourth-order valence-corrected chi connectivity index (χ4v) is 2.27. The summed E-state index contributed by atoms with van der Waals surface area (Å²) in [6, 6.07) is 10.1. The van der Waals surface area contributed by atoms with Gasteiger partial charge in [0.2, 0.25) is 0 Å². The Labute approximate surface area is 122 Å². The van der Waals surface area contributed by atoms with Crippen molar-refractivity contribution in [3.63, 3.8) is 0 Å². The minimum atomic E-state index is -0.779. The van der Waals surface area contributed by atoms with E-state index in [1.54, 1.807) is 0 Å². The number of aliphatic carboxylic acids is 1. The number of carbonyl (C=O) groups is 1. The average Bonchev–Trinajstić information content (AvgIpc) is 3.23. The molecule has 6 nitrogen and oxygen atoms in total. The predicted octanol–water partition coefficient (Wildman–Crippen LogP) is 2.18. The van der Waals surface area contributed by atoms with Gasteiger partial charge in [-0.25, -0.2) is 0 Å². The van der Waals surface area contributed by atoms with E-state index in [1.165, 1.54) is 0 Å². The first-order valence-corrected chi connectivity index (χ1v) is 7.06. The number of hydrogen-bond acceptors (Lipinski definition) is 5. The highest BCUT2D eigenvalue weighted by molar-refractivity contribution is 5.66. The van der Waals surface area contributed by atoms with Crippen molar-refractivity contribution in [1.29, 1.82) is 0 Å². The first-order chi connectivity index (χ1) is 10.2. The van der Waals surface area contributed by atoms with Crippen molar-refractivity contribution in [3.8, 4) is 11.5 Å². The number of hydrogen-bond donors (Lipinski definition) is 1. The molecule has 1 saturated carbocycles. The van der Waals surface area contributed by atoms with E-state index in [2.05, 4.69) is 15.0 Å². The molecule has 0 spiro atoms. The summed E-state index contributed by atoms with van der Waals surface area (Å²) in [7, 11) is 0. The zero-order chi connectivity index (χ0) is 14.7. The second kappa shape index (κ2) is 6.05. The SMILES string of the molecule is O=C(O)CCN(Cc1noc(-c2ccccc2)n1)C1CC1. The van der Waals surface area contributed by atoms with E-state index >= 15 is 0 Å². The van der Waals surface area contributed by atoms with Crippen molar-refractivity contribution >= 4 is 5.97 Å². The summed E-state index contributed by atoms with van der Waals surface area (Å²) in [6.07, 6.45) is 2.37. The van der Waals surface area contributed by atoms with Crippen LogP contribution in [0.3, 0.4) is 0 Å². The van der Waals surface area contributed by atoms with Crippen LogP contribution in [0.5, 0.6) is 0 Å². The van der Waals surface area contributed by atoms with Crippen molar-refractivity contribution in [2.45, 2.75) is 31.8 Å². The Bertz CT molecular complexity index is 608. The summed E-state index contributed by atoms with van der Waals surface area (Å²) in [5.41, 5.74) is 0.889. The number of rotatable bonds is 7. The maximum absolute atomic E-state index is 10.7. The molecular formula is C15H17N3O3. The fourth-order valence-electron chi connectivity index (χ4n) is 2.27. The Morgan fingerprint density at radius 1 is 1.33 bits per heavy atom. The van der Waals surface area contributed by atoms with E-state index in [4.69, 9.17) is 9.63 Å². The molecule has 0 saturated heterocycles. The average molecular weight is 287 g/mol. The molecule has 6 heteroatoms. The molecule has 1 aromatic heterocycles. The van der Waals surface area contributed by atoms with Crippen LogP contribution in [0.25, 0.3) is 11.5 Å². The lowest BCUT2D eigenvalue weighted by Crippen LogP contribution is -2.28. The molecule has 1 heterocycles. The van der Waals surface area contributed by atoms with Crippen LogP contribution < -0.4 is 0 Å². The van der Waals surface area contributed by atoms with Gasteiger partial charge in [0.25, 0.3) is 5.89 Å². The van der Waals surface area contributed by atoms with Gasteiger partial charge in [-0.15, -0.1) is 0 Å². The van der Waals surface area contributed by atoms with Crippen LogP contribution in [0, 0.1) is 0 Å². The fraction of sp³-hybridized carbons (Fsp3) is 0.400. The van der Waals surface area contributed by atoms with Crippen LogP contribution in [-0.2, 0) is 11.3 Å². The molecule has 1 aliphatic carbocycles. The monoisotopic (exact) mass is 287 g/mol. The van der Waals surface area contributed by atoms with Crippen molar-refractivity contribution < 1.29 is 14.4 Å². The standard InChI is InChI=1S/C15H17N3O3/c19-14(20)8-9-18(12-6-7-12)10-13-16-15(21-17-13)11-4-2-1-3-5-11/h1-5,12H,6-10H2,(H,19,20). The first kappa shape index (κ1) is 13.8. The minimum absolute atomic E-state index is 0.139. The molecule has 110 valence electrons. The summed E-state index contributed by atoms with van der Waals surface area (Å²) in [5, 5.41) is 12.8. The lowest BCUT2D eigenvalue weighted by Gasteiger charge is -2.18. The zero-order valence-electron chi connectivity index (χ0n) is 11.6. The number of aromatic nitrogens is 2. The van der Waals surface area contributed by atoms with Crippen molar-refractivity contribution in [1.82, 2.24) is 15.0 Å². The number of benzene rings is 1. The largest absolute Gasteiger partial charge is 0.481 e. The molecule has 0 radical (unpaired) electrons. The van der Waals surface area contributed by atoms with Gasteiger partial charge in [0.1, 0.15) is 0 Å². The van der Waals surface area contributed by atoms with Crippen LogP contribution in [0.4, 0.5) is 0 Å². The van der Waals surface area contributed by atoms with Crippen LogP contribution >= 0.6 is 0 Å². The Morgan fingerprint density at radius 3 is 2.76 bits per heavy atom. The molecule has 0 atom stereocenters. The molecule has 2 aromatic rings. The van der Waals surface area contributed by atoms with E-state index in [1.807, 2.05) is 30.3 Å². The zero-order valence-corrected chi connectivity index (χ0v) is 11.6. The quantitative estimate of drug-likeness (QED) is 0.840. The molecule has 1 aromatic carbocycles. The molecular weight excluding hydrogens is 270 g/mol. The van der Waals surface area contributed by atoms with Crippen LogP contribution in [-0.4, -0.2) is 38.7 Å². The van der Waals surface area contributed by atoms with Gasteiger partial charge in [-0.3, -0.25) is 9.69 Å². The Hall–Kier alpha value is -2.21. The predicted molar refractivity (Wildman–Crippen MR) is 75.4 cm³/mol. The second-order valence-electron chi connectivity index (χ2n) is 5.23. The summed E-state index contributed by atoms with van der Waals surface area (Å²) in [6.45, 7) is 1.06. The van der Waals surface area contributed by atoms with Gasteiger partial charge >= 0.3 is 5.97 Å². The van der Waals surface area contributed by atoms with E-state index in [0.29, 0.717) is 30.8 Å². The maximum atomic E-state index is 10.7. The molecule has 1 N–H and O–H groups in total. The number of carboxylic acid groups (broad SMARTS) is 1. The van der Waals surface area contributed by atoms with Crippen LogP contribution in [0.15, 0.2) is 34.9 Å². The van der Waals surface area contributed by atoms with Crippen molar-refractivity contribution in [2.24, 2.45) is 0 Å². The molecule has 21 heavy (non-hydrogen) atoms. The third kappa shape index (κ3) is 3.66. The molecule has 0 amide bonds. The van der Waals surface area contributed by atoms with E-state index < -0.39 is 5.97 Å². The summed E-state index contributed by atoms with van der Waals surface area (Å²) < 4.78 is 5.27. The maximum Gasteiger partial charge on any atom is 0.304 e. The van der Waals surface area contributed by atoms with Crippen molar-refractivity contribution in [2.75, 3.05) is 6.54 Å². The third-order valence-electron chi connectivity index (χ3n) is 3.51. The lowest BCUT2D eigenvalue weighted by molar-refractivity contribution is -0.137. The van der Waals surface area contributed by atoms with Crippen LogP contribution in [0.1, 0.15) is 25.1 Å². The molecule has 3 rings (SSSR count). The third-order valence-corrected chi connectivity index (χ3v) is 3.51. The van der Waals surface area contributed by atoms with Gasteiger partial charge in [-0.05, 0) is 25.0 Å². The van der Waals surface area contributed by atoms with Gasteiger partial charge in [0.15, 0.2) is 5.82 Å². The summed E-state index contributed by atoms with van der Waals surface area (Å²) >= 11 is 0. The van der Waals surface area contributed by atoms with E-state index in [9.17, 15) is 4.79 Å². The first-order valence-electron chi connectivity index (χ1n) is 7.06. The molecule has 0 aliphatic heterocycles. The number of carboxylic acids is 1. The molecule has 1 fully saturated rings. The molecule has 0 unspecified atom stereocenters. The van der Waals surface area contributed by atoms with Gasteiger partial charge < -0.3 is 9.63 Å². The summed E-state index contributed by atoms with van der Waals surface area (Å²) in [5.74, 6) is 0.324. The van der Waals surface area contributed by atoms with Gasteiger partial charge in [-0.1, -0.05) is 23.4 Å². The van der Waals surface area contributed by atoms with Gasteiger partial charge in [0, 0.05) is 18.2 Å². The summed E-state index contributed by atoms with van der Waals surface area (Å²) in [4.78, 5) is 17.2. The van der Waals surface area contributed by atoms with Crippen molar-refractivity contribution in [3.05, 3.63) is 36.2 Å². The highest BCUT2D eigenvalue weighted by Gasteiger charge is 2.30. The highest BCUT2D eigenvalue weighted by atomic mass is 16.5. The second-order valence-corrected chi connectivity index (χ2v) is 5.23. The van der Waals surface area contributed by atoms with Crippen LogP contribution in [0.2, 0.25) is 0 Å². The Morgan fingerprint density at radius 2 is 2.10 bits per heavy atom. The molecule has 0 bridgehead atoms. The topological polar surface area (TPSA) is 79.5 Å².